The van der Waals surface area contributed by atoms with Crippen LogP contribution in [0.15, 0.2) is 36.7 Å². The molecule has 2 aromatic rings. The molecule has 0 saturated carbocycles. The Hall–Kier alpha value is -3.40. The molecule has 2 N–H and O–H groups in total. The number of aromatic nitrogens is 2. The Morgan fingerprint density at radius 2 is 1.55 bits per heavy atom. The van der Waals surface area contributed by atoms with Crippen LogP contribution in [-0.2, 0) is 27.4 Å². The Bertz CT molecular complexity index is 1030. The lowest BCUT2D eigenvalue weighted by molar-refractivity contribution is -0.193. The third kappa shape index (κ3) is 9.81. The lowest BCUT2D eigenvalue weighted by Crippen LogP contribution is -2.43. The van der Waals surface area contributed by atoms with Gasteiger partial charge in [-0.3, -0.25) is 4.90 Å². The standard InChI is InChI=1S/C18H22FN3O2.2C2HF3O2/c19-17-4-1-7-20-18(17)24-16-12-21-8-2-3-15(21)11-22(13-16)14-5-9-23-10-6-14;2*3-2(4,5)1(6)7/h1-4,7-8,14,16H,5-6,9-13H2;2*(H,6,7). The van der Waals surface area contributed by atoms with Crippen LogP contribution in [0.4, 0.5) is 30.7 Å². The predicted octanol–water partition coefficient (Wildman–Crippen LogP) is 3.73. The Morgan fingerprint density at radius 3 is 2.08 bits per heavy atom. The van der Waals surface area contributed by atoms with Crippen LogP contribution in [0, 0.1) is 5.82 Å². The second-order valence-corrected chi connectivity index (χ2v) is 8.06. The van der Waals surface area contributed by atoms with Crippen molar-refractivity contribution in [1.29, 1.82) is 0 Å². The number of hydrogen-bond donors (Lipinski definition) is 2. The Labute approximate surface area is 211 Å². The van der Waals surface area contributed by atoms with E-state index >= 15 is 0 Å². The molecular weight excluding hydrogens is 535 g/mol. The van der Waals surface area contributed by atoms with Crippen LogP contribution in [0.25, 0.3) is 0 Å². The molecule has 2 aliphatic rings. The van der Waals surface area contributed by atoms with Crippen LogP contribution in [-0.4, -0.2) is 80.9 Å². The maximum absolute atomic E-state index is 13.9. The number of aliphatic carboxylic acids is 2. The number of rotatable bonds is 3. The molecule has 4 heterocycles. The van der Waals surface area contributed by atoms with Crippen molar-refractivity contribution in [3.05, 3.63) is 48.2 Å². The zero-order valence-corrected chi connectivity index (χ0v) is 19.6. The number of fused-ring (bicyclic) bond motifs is 1. The number of hydrogen-bond acceptors (Lipinski definition) is 6. The number of ether oxygens (including phenoxy) is 2. The molecule has 212 valence electrons. The summed E-state index contributed by atoms with van der Waals surface area (Å²) in [6.07, 6.45) is -4.61. The average Bonchev–Trinajstić information content (AvgIpc) is 3.19. The highest BCUT2D eigenvalue weighted by molar-refractivity contribution is 5.73. The van der Waals surface area contributed by atoms with Gasteiger partial charge in [0.2, 0.25) is 0 Å². The van der Waals surface area contributed by atoms with Crippen molar-refractivity contribution in [3.63, 3.8) is 0 Å². The zero-order valence-electron chi connectivity index (χ0n) is 19.6. The van der Waals surface area contributed by atoms with Crippen molar-refractivity contribution in [2.24, 2.45) is 0 Å². The van der Waals surface area contributed by atoms with Gasteiger partial charge in [0.05, 0.1) is 6.54 Å². The second kappa shape index (κ2) is 13.4. The van der Waals surface area contributed by atoms with Crippen LogP contribution >= 0.6 is 0 Å². The summed E-state index contributed by atoms with van der Waals surface area (Å²) in [7, 11) is 0. The maximum Gasteiger partial charge on any atom is 0.490 e. The quantitative estimate of drug-likeness (QED) is 0.547. The van der Waals surface area contributed by atoms with Crippen molar-refractivity contribution < 1.29 is 60.0 Å². The largest absolute Gasteiger partial charge is 0.490 e. The minimum absolute atomic E-state index is 0.0880. The van der Waals surface area contributed by atoms with Gasteiger partial charge in [-0.25, -0.2) is 19.0 Å². The van der Waals surface area contributed by atoms with Crippen LogP contribution in [0.5, 0.6) is 5.88 Å². The Morgan fingerprint density at radius 1 is 0.974 bits per heavy atom. The van der Waals surface area contributed by atoms with Crippen LogP contribution in [0.3, 0.4) is 0 Å². The number of halogens is 7. The fraction of sp³-hybridized carbons (Fsp3) is 0.500. The highest BCUT2D eigenvalue weighted by Gasteiger charge is 2.39. The van der Waals surface area contributed by atoms with E-state index in [4.69, 9.17) is 29.3 Å². The monoisotopic (exact) mass is 559 g/mol. The van der Waals surface area contributed by atoms with Gasteiger partial charge < -0.3 is 24.3 Å². The van der Waals surface area contributed by atoms with E-state index in [-0.39, 0.29) is 12.0 Å². The number of carboxylic acids is 2. The summed E-state index contributed by atoms with van der Waals surface area (Å²) in [5, 5.41) is 14.2. The van der Waals surface area contributed by atoms with Gasteiger partial charge in [0.15, 0.2) is 5.82 Å². The van der Waals surface area contributed by atoms with Crippen molar-refractivity contribution in [2.45, 2.75) is 50.4 Å². The van der Waals surface area contributed by atoms with E-state index in [1.165, 1.54) is 11.8 Å². The molecule has 0 radical (unpaired) electrons. The summed E-state index contributed by atoms with van der Waals surface area (Å²) in [5.41, 5.74) is 1.27. The molecule has 1 fully saturated rings. The van der Waals surface area contributed by atoms with Gasteiger partial charge >= 0.3 is 24.3 Å². The van der Waals surface area contributed by atoms with E-state index in [0.29, 0.717) is 12.6 Å². The van der Waals surface area contributed by atoms with Crippen molar-refractivity contribution in [2.75, 3.05) is 19.8 Å². The number of carboxylic acid groups (broad SMARTS) is 2. The normalized spacial score (nSPS) is 18.6. The fourth-order valence-electron chi connectivity index (χ4n) is 3.60. The minimum Gasteiger partial charge on any atom is -0.475 e. The predicted molar refractivity (Wildman–Crippen MR) is 115 cm³/mol. The summed E-state index contributed by atoms with van der Waals surface area (Å²) in [5.74, 6) is -5.84. The summed E-state index contributed by atoms with van der Waals surface area (Å²) < 4.78 is 91.0. The lowest BCUT2D eigenvalue weighted by atomic mass is 10.1. The van der Waals surface area contributed by atoms with E-state index in [1.807, 2.05) is 0 Å². The minimum atomic E-state index is -5.08. The van der Waals surface area contributed by atoms with E-state index < -0.39 is 30.1 Å². The Kier molecular flexibility index (Phi) is 10.9. The topological polar surface area (TPSA) is 114 Å². The summed E-state index contributed by atoms with van der Waals surface area (Å²) in [6.45, 7) is 3.98. The second-order valence-electron chi connectivity index (χ2n) is 8.06. The molecule has 0 spiro atoms. The van der Waals surface area contributed by atoms with Gasteiger partial charge in [0.1, 0.15) is 6.10 Å². The van der Waals surface area contributed by atoms with Crippen LogP contribution in [0.2, 0.25) is 0 Å². The average molecular weight is 559 g/mol. The van der Waals surface area contributed by atoms with E-state index in [9.17, 15) is 30.7 Å². The van der Waals surface area contributed by atoms with E-state index in [1.54, 1.807) is 12.3 Å². The number of pyridine rings is 1. The molecule has 0 aliphatic carbocycles. The van der Waals surface area contributed by atoms with Gasteiger partial charge in [-0.1, -0.05) is 0 Å². The summed E-state index contributed by atoms with van der Waals surface area (Å²) in [6, 6.07) is 7.65. The van der Waals surface area contributed by atoms with Crippen LogP contribution in [0.1, 0.15) is 18.5 Å². The summed E-state index contributed by atoms with van der Waals surface area (Å²) in [4.78, 5) is 24.3. The molecule has 16 heteroatoms. The third-order valence-electron chi connectivity index (χ3n) is 5.32. The lowest BCUT2D eigenvalue weighted by Gasteiger charge is -2.34. The molecule has 2 aliphatic heterocycles. The molecular formula is C22H24F7N3O6. The van der Waals surface area contributed by atoms with Crippen molar-refractivity contribution >= 4 is 11.9 Å². The first kappa shape index (κ1) is 30.8. The van der Waals surface area contributed by atoms with E-state index in [2.05, 4.69) is 32.8 Å². The third-order valence-corrected chi connectivity index (χ3v) is 5.32. The smallest absolute Gasteiger partial charge is 0.475 e. The molecule has 2 aromatic heterocycles. The molecule has 0 bridgehead atoms. The molecule has 4 rings (SSSR count). The number of alkyl halides is 6. The van der Waals surface area contributed by atoms with Crippen molar-refractivity contribution in [1.82, 2.24) is 14.5 Å². The first-order valence-electron chi connectivity index (χ1n) is 11.0. The van der Waals surface area contributed by atoms with Gasteiger partial charge in [0, 0.05) is 50.4 Å². The fourth-order valence-corrected chi connectivity index (χ4v) is 3.60. The van der Waals surface area contributed by atoms with Gasteiger partial charge in [-0.05, 0) is 37.1 Å². The van der Waals surface area contributed by atoms with E-state index in [0.717, 1.165) is 39.1 Å². The molecule has 1 atom stereocenters. The van der Waals surface area contributed by atoms with Gasteiger partial charge in [0.25, 0.3) is 5.88 Å². The highest BCUT2D eigenvalue weighted by Crippen LogP contribution is 2.24. The summed E-state index contributed by atoms with van der Waals surface area (Å²) >= 11 is 0. The van der Waals surface area contributed by atoms with Crippen LogP contribution < -0.4 is 4.74 Å². The zero-order chi connectivity index (χ0) is 28.5. The van der Waals surface area contributed by atoms with Gasteiger partial charge in [-0.2, -0.15) is 26.3 Å². The molecule has 1 saturated heterocycles. The first-order valence-corrected chi connectivity index (χ1v) is 11.0. The number of carbonyl (C=O) groups is 2. The maximum atomic E-state index is 13.9. The molecule has 9 nitrogen and oxygen atoms in total. The SMILES string of the molecule is Fc1cccnc1OC1CN(C2CCOCC2)Cc2cccn2C1.O=C(O)C(F)(F)F.O=C(O)C(F)(F)F. The number of nitrogens with zero attached hydrogens (tertiary/aromatic N) is 3. The molecule has 0 amide bonds. The first-order chi connectivity index (χ1) is 17.7. The molecule has 0 aromatic carbocycles. The van der Waals surface area contributed by atoms with Gasteiger partial charge in [-0.15, -0.1) is 0 Å². The highest BCUT2D eigenvalue weighted by atomic mass is 19.4. The Balaban J connectivity index is 0.000000301. The molecule has 38 heavy (non-hydrogen) atoms. The molecule has 1 unspecified atom stereocenters. The van der Waals surface area contributed by atoms with Crippen molar-refractivity contribution in [3.8, 4) is 5.88 Å².